The zero-order chi connectivity index (χ0) is 16.7. The van der Waals surface area contributed by atoms with Gasteiger partial charge in [-0.15, -0.1) is 0 Å². The number of amides is 1. The maximum Gasteiger partial charge on any atom is 0.226 e. The molecule has 0 unspecified atom stereocenters. The van der Waals surface area contributed by atoms with E-state index in [1.165, 1.54) is 38.5 Å². The Bertz CT molecular complexity index is 637. The Balaban J connectivity index is 1.34. The van der Waals surface area contributed by atoms with Crippen LogP contribution in [0.2, 0.25) is 0 Å². The van der Waals surface area contributed by atoms with E-state index in [1.807, 2.05) is 25.1 Å². The number of rotatable bonds is 3. The number of hydrogen-bond acceptors (Lipinski definition) is 3. The van der Waals surface area contributed by atoms with Crippen LogP contribution in [0.25, 0.3) is 0 Å². The summed E-state index contributed by atoms with van der Waals surface area (Å²) in [4.78, 5) is 16.9. The van der Waals surface area contributed by atoms with E-state index in [9.17, 15) is 4.79 Å². The molecule has 1 aromatic heterocycles. The minimum atomic E-state index is 0.0575. The Morgan fingerprint density at radius 2 is 1.83 bits per heavy atom. The standard InChI is InChI=1S/C19H25N3OS/c1-12-3-2-4-16(20-12)21-18(24)22-17(23)11-19-8-13-5-14(9-19)7-15(6-13)10-19/h2-4,13-15H,5-11H2,1H3,(H2,20,21,22,23,24). The van der Waals surface area contributed by atoms with E-state index in [0.29, 0.717) is 17.4 Å². The first-order chi connectivity index (χ1) is 11.5. The van der Waals surface area contributed by atoms with Gasteiger partial charge in [-0.05, 0) is 93.0 Å². The Morgan fingerprint density at radius 3 is 2.42 bits per heavy atom. The molecule has 0 atom stereocenters. The van der Waals surface area contributed by atoms with E-state index in [1.54, 1.807) is 0 Å². The number of nitrogens with zero attached hydrogens (tertiary/aromatic N) is 1. The van der Waals surface area contributed by atoms with Gasteiger partial charge in [-0.1, -0.05) is 6.07 Å². The molecule has 0 saturated heterocycles. The van der Waals surface area contributed by atoms with Crippen molar-refractivity contribution in [2.45, 2.75) is 51.9 Å². The van der Waals surface area contributed by atoms with Gasteiger partial charge >= 0.3 is 0 Å². The molecular weight excluding hydrogens is 318 g/mol. The van der Waals surface area contributed by atoms with E-state index in [4.69, 9.17) is 12.2 Å². The van der Waals surface area contributed by atoms with Crippen LogP contribution >= 0.6 is 12.2 Å². The van der Waals surface area contributed by atoms with Gasteiger partial charge in [0.2, 0.25) is 5.91 Å². The van der Waals surface area contributed by atoms with E-state index in [-0.39, 0.29) is 11.3 Å². The quantitative estimate of drug-likeness (QED) is 0.820. The molecule has 4 bridgehead atoms. The third-order valence-corrected chi connectivity index (χ3v) is 6.29. The average Bonchev–Trinajstić information content (AvgIpc) is 2.44. The highest BCUT2D eigenvalue weighted by atomic mass is 32.1. The number of nitrogens with one attached hydrogen (secondary N) is 2. The SMILES string of the molecule is Cc1cccc(NC(=S)NC(=O)CC23CC4CC(CC(C4)C2)C3)n1. The molecule has 1 heterocycles. The largest absolute Gasteiger partial charge is 0.317 e. The topological polar surface area (TPSA) is 54.0 Å². The third kappa shape index (κ3) is 3.32. The molecule has 128 valence electrons. The smallest absolute Gasteiger partial charge is 0.226 e. The summed E-state index contributed by atoms with van der Waals surface area (Å²) in [7, 11) is 0. The molecule has 0 spiro atoms. The Kier molecular flexibility index (Phi) is 4.07. The van der Waals surface area contributed by atoms with Crippen molar-refractivity contribution in [3.63, 3.8) is 0 Å². The molecule has 2 N–H and O–H groups in total. The van der Waals surface area contributed by atoms with Gasteiger partial charge in [-0.25, -0.2) is 4.98 Å². The van der Waals surface area contributed by atoms with Crippen molar-refractivity contribution in [2.24, 2.45) is 23.2 Å². The van der Waals surface area contributed by atoms with Gasteiger partial charge in [-0.3, -0.25) is 4.79 Å². The maximum atomic E-state index is 12.5. The van der Waals surface area contributed by atoms with Gasteiger partial charge in [0.15, 0.2) is 5.11 Å². The van der Waals surface area contributed by atoms with E-state index in [0.717, 1.165) is 23.4 Å². The molecule has 1 amide bonds. The summed E-state index contributed by atoms with van der Waals surface area (Å²) in [6.07, 6.45) is 8.56. The zero-order valence-corrected chi connectivity index (χ0v) is 15.0. The van der Waals surface area contributed by atoms with Crippen LogP contribution in [0.15, 0.2) is 18.2 Å². The monoisotopic (exact) mass is 343 g/mol. The minimum Gasteiger partial charge on any atom is -0.317 e. The molecular formula is C19H25N3OS. The summed E-state index contributed by atoms with van der Waals surface area (Å²) in [5.41, 5.74) is 1.17. The number of anilines is 1. The Hall–Kier alpha value is -1.49. The third-order valence-electron chi connectivity index (χ3n) is 6.08. The molecule has 24 heavy (non-hydrogen) atoms. The van der Waals surface area contributed by atoms with Crippen LogP contribution in [0.3, 0.4) is 0 Å². The van der Waals surface area contributed by atoms with Gasteiger partial charge in [0.25, 0.3) is 0 Å². The molecule has 4 aliphatic rings. The lowest BCUT2D eigenvalue weighted by Crippen LogP contribution is -2.48. The number of carbonyl (C=O) groups excluding carboxylic acids is 1. The molecule has 4 aliphatic carbocycles. The molecule has 0 aliphatic heterocycles. The minimum absolute atomic E-state index is 0.0575. The highest BCUT2D eigenvalue weighted by molar-refractivity contribution is 7.80. The molecule has 5 rings (SSSR count). The van der Waals surface area contributed by atoms with Gasteiger partial charge in [0, 0.05) is 12.1 Å². The summed E-state index contributed by atoms with van der Waals surface area (Å²) in [6, 6.07) is 5.70. The molecule has 4 nitrogen and oxygen atoms in total. The van der Waals surface area contributed by atoms with Crippen molar-refractivity contribution >= 4 is 29.1 Å². The van der Waals surface area contributed by atoms with Crippen LogP contribution in [-0.4, -0.2) is 16.0 Å². The predicted octanol–water partition coefficient (Wildman–Crippen LogP) is 3.81. The van der Waals surface area contributed by atoms with Gasteiger partial charge in [0.1, 0.15) is 5.82 Å². The summed E-state index contributed by atoms with van der Waals surface area (Å²) < 4.78 is 0. The molecule has 4 fully saturated rings. The van der Waals surface area contributed by atoms with Crippen molar-refractivity contribution in [2.75, 3.05) is 5.32 Å². The fourth-order valence-corrected chi connectivity index (χ4v) is 6.00. The van der Waals surface area contributed by atoms with Crippen molar-refractivity contribution in [1.82, 2.24) is 10.3 Å². The van der Waals surface area contributed by atoms with Crippen molar-refractivity contribution in [1.29, 1.82) is 0 Å². The van der Waals surface area contributed by atoms with Crippen LogP contribution < -0.4 is 10.6 Å². The second-order valence-corrected chi connectivity index (χ2v) is 8.67. The Labute approximate surface area is 148 Å². The lowest BCUT2D eigenvalue weighted by Gasteiger charge is -2.56. The first-order valence-corrected chi connectivity index (χ1v) is 9.45. The molecule has 0 aromatic carbocycles. The number of hydrogen-bond donors (Lipinski definition) is 2. The summed E-state index contributed by atoms with van der Waals surface area (Å²) >= 11 is 5.28. The van der Waals surface area contributed by atoms with Crippen LogP contribution in [0.5, 0.6) is 0 Å². The van der Waals surface area contributed by atoms with E-state index < -0.39 is 0 Å². The van der Waals surface area contributed by atoms with Gasteiger partial charge in [0.05, 0.1) is 0 Å². The molecule has 4 saturated carbocycles. The van der Waals surface area contributed by atoms with Crippen LogP contribution in [0.4, 0.5) is 5.82 Å². The van der Waals surface area contributed by atoms with E-state index in [2.05, 4.69) is 15.6 Å². The molecule has 1 aromatic rings. The fraction of sp³-hybridized carbons (Fsp3) is 0.632. The highest BCUT2D eigenvalue weighted by Crippen LogP contribution is 2.61. The summed E-state index contributed by atoms with van der Waals surface area (Å²) in [6.45, 7) is 1.93. The molecule has 5 heteroatoms. The average molecular weight is 343 g/mol. The van der Waals surface area contributed by atoms with Crippen molar-refractivity contribution in [3.8, 4) is 0 Å². The summed E-state index contributed by atoms with van der Waals surface area (Å²) in [5.74, 6) is 3.33. The van der Waals surface area contributed by atoms with Crippen molar-refractivity contribution in [3.05, 3.63) is 23.9 Å². The first kappa shape index (κ1) is 16.0. The van der Waals surface area contributed by atoms with Crippen LogP contribution in [0.1, 0.15) is 50.6 Å². The summed E-state index contributed by atoms with van der Waals surface area (Å²) in [5, 5.41) is 6.22. The number of carbonyl (C=O) groups is 1. The number of aromatic nitrogens is 1. The predicted molar refractivity (Wildman–Crippen MR) is 98.6 cm³/mol. The second kappa shape index (κ2) is 6.10. The number of thiocarbonyl (C=S) groups is 1. The number of pyridine rings is 1. The maximum absolute atomic E-state index is 12.5. The van der Waals surface area contributed by atoms with Crippen molar-refractivity contribution < 1.29 is 4.79 Å². The van der Waals surface area contributed by atoms with Crippen LogP contribution in [0, 0.1) is 30.1 Å². The zero-order valence-electron chi connectivity index (χ0n) is 14.2. The Morgan fingerprint density at radius 1 is 1.21 bits per heavy atom. The van der Waals surface area contributed by atoms with Gasteiger partial charge < -0.3 is 10.6 Å². The fourth-order valence-electron chi connectivity index (χ4n) is 5.78. The van der Waals surface area contributed by atoms with Gasteiger partial charge in [-0.2, -0.15) is 0 Å². The van der Waals surface area contributed by atoms with Crippen LogP contribution in [-0.2, 0) is 4.79 Å². The lowest BCUT2D eigenvalue weighted by molar-refractivity contribution is -0.127. The normalized spacial score (nSPS) is 33.3. The molecule has 0 radical (unpaired) electrons. The first-order valence-electron chi connectivity index (χ1n) is 9.04. The van der Waals surface area contributed by atoms with E-state index >= 15 is 0 Å². The number of aryl methyl sites for hydroxylation is 1. The highest BCUT2D eigenvalue weighted by Gasteiger charge is 2.51. The lowest BCUT2D eigenvalue weighted by atomic mass is 9.49. The second-order valence-electron chi connectivity index (χ2n) is 8.26.